The Labute approximate surface area is 183 Å². The lowest BCUT2D eigenvalue weighted by Crippen LogP contribution is -2.56. The summed E-state index contributed by atoms with van der Waals surface area (Å²) in [6.07, 6.45) is 9.46. The lowest BCUT2D eigenvalue weighted by Gasteiger charge is -2.56. The first-order valence-corrected chi connectivity index (χ1v) is 11.9. The predicted octanol–water partition coefficient (Wildman–Crippen LogP) is 4.83. The van der Waals surface area contributed by atoms with Gasteiger partial charge in [0.15, 0.2) is 5.11 Å². The zero-order valence-corrected chi connectivity index (χ0v) is 18.4. The summed E-state index contributed by atoms with van der Waals surface area (Å²) in [5.74, 6) is 2.79. The normalized spacial score (nSPS) is 33.6. The number of hydrogen-bond donors (Lipinski definition) is 2. The third kappa shape index (κ3) is 4.00. The van der Waals surface area contributed by atoms with Crippen molar-refractivity contribution in [3.63, 3.8) is 0 Å². The fourth-order valence-corrected chi connectivity index (χ4v) is 7.12. The molecule has 6 heteroatoms. The van der Waals surface area contributed by atoms with Gasteiger partial charge in [0.05, 0.1) is 0 Å². The molecular weight excluding hydrogens is 402 g/mol. The van der Waals surface area contributed by atoms with E-state index in [1.54, 1.807) is 0 Å². The van der Waals surface area contributed by atoms with Crippen molar-refractivity contribution in [1.29, 1.82) is 0 Å². The van der Waals surface area contributed by atoms with Crippen LogP contribution in [0.1, 0.15) is 51.4 Å². The van der Waals surface area contributed by atoms with E-state index in [-0.39, 0.29) is 11.5 Å². The van der Waals surface area contributed by atoms with Gasteiger partial charge >= 0.3 is 0 Å². The van der Waals surface area contributed by atoms with Crippen LogP contribution in [0.5, 0.6) is 0 Å². The van der Waals surface area contributed by atoms with Gasteiger partial charge in [-0.05, 0) is 106 Å². The van der Waals surface area contributed by atoms with Crippen LogP contribution < -0.4 is 10.6 Å². The summed E-state index contributed by atoms with van der Waals surface area (Å²) in [5.41, 5.74) is 0.911. The van der Waals surface area contributed by atoms with Gasteiger partial charge in [-0.25, -0.2) is 0 Å². The van der Waals surface area contributed by atoms with Gasteiger partial charge in [0, 0.05) is 35.3 Å². The number of hydrogen-bond acceptors (Lipinski definition) is 2. The zero-order chi connectivity index (χ0) is 20.0. The van der Waals surface area contributed by atoms with Crippen molar-refractivity contribution in [2.24, 2.45) is 23.2 Å². The molecule has 6 rings (SSSR count). The van der Waals surface area contributed by atoms with Gasteiger partial charge in [0.2, 0.25) is 5.91 Å². The molecule has 1 heterocycles. The number of benzene rings is 1. The van der Waals surface area contributed by atoms with Crippen LogP contribution in [0.15, 0.2) is 24.3 Å². The highest BCUT2D eigenvalue weighted by molar-refractivity contribution is 7.80. The average molecular weight is 432 g/mol. The fourth-order valence-electron chi connectivity index (χ4n) is 6.69. The smallest absolute Gasteiger partial charge is 0.226 e. The molecule has 5 aliphatic rings. The number of nitrogens with one attached hydrogen (secondary N) is 2. The van der Waals surface area contributed by atoms with Gasteiger partial charge in [-0.15, -0.1) is 0 Å². The summed E-state index contributed by atoms with van der Waals surface area (Å²) in [5, 5.41) is 8.21. The highest BCUT2D eigenvalue weighted by Gasteiger charge is 2.54. The molecule has 2 N–H and O–H groups in total. The Morgan fingerprint density at radius 3 is 2.10 bits per heavy atom. The molecule has 0 radical (unpaired) electrons. The number of likely N-dealkylation sites (tertiary alicyclic amines) is 1. The van der Waals surface area contributed by atoms with Crippen LogP contribution in [0.25, 0.3) is 0 Å². The molecule has 156 valence electrons. The van der Waals surface area contributed by atoms with Crippen LogP contribution in [-0.4, -0.2) is 35.1 Å². The van der Waals surface area contributed by atoms with E-state index in [0.717, 1.165) is 78.8 Å². The molecule has 1 aromatic carbocycles. The van der Waals surface area contributed by atoms with Crippen LogP contribution in [0.4, 0.5) is 5.69 Å². The molecule has 0 unspecified atom stereocenters. The maximum Gasteiger partial charge on any atom is 0.226 e. The van der Waals surface area contributed by atoms with Crippen molar-refractivity contribution in [1.82, 2.24) is 10.2 Å². The Bertz CT molecular complexity index is 753. The van der Waals surface area contributed by atoms with Gasteiger partial charge in [0.25, 0.3) is 0 Å². The summed E-state index contributed by atoms with van der Waals surface area (Å²) in [6.45, 7) is 1.76. The molecule has 1 aliphatic heterocycles. The second-order valence-electron chi connectivity index (χ2n) is 9.87. The summed E-state index contributed by atoms with van der Waals surface area (Å²) >= 11 is 11.5. The predicted molar refractivity (Wildman–Crippen MR) is 121 cm³/mol. The van der Waals surface area contributed by atoms with E-state index in [1.165, 1.54) is 19.3 Å². The molecule has 1 aromatic rings. The Morgan fingerprint density at radius 2 is 1.55 bits per heavy atom. The first kappa shape index (κ1) is 19.6. The van der Waals surface area contributed by atoms with E-state index in [0.29, 0.717) is 5.91 Å². The topological polar surface area (TPSA) is 44.4 Å². The maximum absolute atomic E-state index is 13.3. The quantitative estimate of drug-likeness (QED) is 0.672. The summed E-state index contributed by atoms with van der Waals surface area (Å²) < 4.78 is 0. The minimum absolute atomic E-state index is 0.0443. The van der Waals surface area contributed by atoms with E-state index < -0.39 is 0 Å². The van der Waals surface area contributed by atoms with Gasteiger partial charge in [0.1, 0.15) is 0 Å². The Balaban J connectivity index is 1.13. The summed E-state index contributed by atoms with van der Waals surface area (Å²) in [7, 11) is 0. The molecule has 4 nitrogen and oxygen atoms in total. The van der Waals surface area contributed by atoms with Crippen LogP contribution in [0, 0.1) is 23.2 Å². The van der Waals surface area contributed by atoms with E-state index in [4.69, 9.17) is 23.8 Å². The number of nitrogens with zero attached hydrogens (tertiary/aromatic N) is 1. The number of amides is 1. The minimum atomic E-state index is -0.0443. The highest BCUT2D eigenvalue weighted by Crippen LogP contribution is 2.60. The second-order valence-corrected chi connectivity index (χ2v) is 10.7. The monoisotopic (exact) mass is 431 g/mol. The summed E-state index contributed by atoms with van der Waals surface area (Å²) in [4.78, 5) is 15.5. The minimum Gasteiger partial charge on any atom is -0.353 e. The molecule has 4 bridgehead atoms. The molecule has 5 fully saturated rings. The zero-order valence-electron chi connectivity index (χ0n) is 16.8. The lowest BCUT2D eigenvalue weighted by atomic mass is 9.49. The largest absolute Gasteiger partial charge is 0.353 e. The number of halogens is 1. The number of rotatable bonds is 3. The standard InChI is InChI=1S/C23H30ClN3OS/c24-18-1-3-19(4-2-18)26-22(29)27-7-5-20(6-8-27)25-21(28)23-12-15-9-16(13-23)11-17(10-15)14-23/h1-4,15-17,20H,5-14H2,(H,25,28)(H,26,29). The lowest BCUT2D eigenvalue weighted by molar-refractivity contribution is -0.147. The molecule has 1 saturated heterocycles. The van der Waals surface area contributed by atoms with Crippen molar-refractivity contribution in [3.05, 3.63) is 29.3 Å². The first-order valence-electron chi connectivity index (χ1n) is 11.1. The fraction of sp³-hybridized carbons (Fsp3) is 0.652. The van der Waals surface area contributed by atoms with E-state index in [1.807, 2.05) is 24.3 Å². The van der Waals surface area contributed by atoms with E-state index in [9.17, 15) is 4.79 Å². The third-order valence-electron chi connectivity index (χ3n) is 7.73. The molecule has 0 aromatic heterocycles. The Morgan fingerprint density at radius 1 is 1.00 bits per heavy atom. The number of anilines is 1. The van der Waals surface area contributed by atoms with Crippen LogP contribution >= 0.6 is 23.8 Å². The van der Waals surface area contributed by atoms with Crippen molar-refractivity contribution in [2.45, 2.75) is 57.4 Å². The van der Waals surface area contributed by atoms with Gasteiger partial charge in [-0.3, -0.25) is 4.79 Å². The SMILES string of the molecule is O=C(NC1CCN(C(=S)Nc2ccc(Cl)cc2)CC1)C12CC3CC(CC(C3)C1)C2. The van der Waals surface area contributed by atoms with Crippen molar-refractivity contribution in [3.8, 4) is 0 Å². The number of carbonyl (C=O) groups is 1. The second kappa shape index (κ2) is 7.73. The van der Waals surface area contributed by atoms with E-state index in [2.05, 4.69) is 15.5 Å². The summed E-state index contributed by atoms with van der Waals surface area (Å²) in [6, 6.07) is 7.88. The molecular formula is C23H30ClN3OS. The van der Waals surface area contributed by atoms with Crippen molar-refractivity contribution < 1.29 is 4.79 Å². The molecule has 0 atom stereocenters. The molecule has 1 amide bonds. The number of carbonyl (C=O) groups excluding carboxylic acids is 1. The molecule has 4 saturated carbocycles. The third-order valence-corrected chi connectivity index (χ3v) is 8.35. The van der Waals surface area contributed by atoms with Gasteiger partial charge in [-0.2, -0.15) is 0 Å². The van der Waals surface area contributed by atoms with Crippen LogP contribution in [-0.2, 0) is 4.79 Å². The first-order chi connectivity index (χ1) is 14.0. The molecule has 29 heavy (non-hydrogen) atoms. The van der Waals surface area contributed by atoms with Crippen LogP contribution in [0.2, 0.25) is 5.02 Å². The highest BCUT2D eigenvalue weighted by atomic mass is 35.5. The van der Waals surface area contributed by atoms with Gasteiger partial charge in [-0.1, -0.05) is 11.6 Å². The maximum atomic E-state index is 13.3. The average Bonchev–Trinajstić information content (AvgIpc) is 2.69. The van der Waals surface area contributed by atoms with Crippen molar-refractivity contribution in [2.75, 3.05) is 18.4 Å². The number of piperidine rings is 1. The number of thiocarbonyl (C=S) groups is 1. The molecule has 0 spiro atoms. The van der Waals surface area contributed by atoms with Crippen LogP contribution in [0.3, 0.4) is 0 Å². The molecule has 4 aliphatic carbocycles. The van der Waals surface area contributed by atoms with Gasteiger partial charge < -0.3 is 15.5 Å². The van der Waals surface area contributed by atoms with Crippen molar-refractivity contribution >= 4 is 40.5 Å². The van der Waals surface area contributed by atoms with E-state index >= 15 is 0 Å². The Hall–Kier alpha value is -1.33. The Kier molecular flexibility index (Phi) is 5.23.